The van der Waals surface area contributed by atoms with Gasteiger partial charge in [0.05, 0.1) is 30.2 Å². The number of ether oxygens (including phenoxy) is 2. The molecule has 7 heteroatoms. The second kappa shape index (κ2) is 9.95. The highest BCUT2D eigenvalue weighted by molar-refractivity contribution is 6.05. The van der Waals surface area contributed by atoms with Gasteiger partial charge in [-0.1, -0.05) is 25.1 Å². The Balaban J connectivity index is 1.72. The van der Waals surface area contributed by atoms with Crippen molar-refractivity contribution < 1.29 is 14.3 Å². The van der Waals surface area contributed by atoms with E-state index in [0.29, 0.717) is 35.9 Å². The standard InChI is InChI=1S/C27H30N4O3/c1-6-19-10-9-11-21(14-19)29-27(32)22-16-28-26-25(17(4)30-31(26)18(22)5)20-12-13-23(33-7-2)24(15-20)34-8-3/h9-16H,6-8H2,1-5H3,(H,29,32). The normalized spacial score (nSPS) is 11.0. The molecule has 2 heterocycles. The third kappa shape index (κ3) is 4.46. The Morgan fingerprint density at radius 2 is 1.76 bits per heavy atom. The van der Waals surface area contributed by atoms with E-state index in [2.05, 4.69) is 17.2 Å². The Bertz CT molecular complexity index is 1340. The fourth-order valence-corrected chi connectivity index (χ4v) is 4.04. The number of aromatic nitrogens is 3. The van der Waals surface area contributed by atoms with Crippen molar-refractivity contribution in [3.8, 4) is 22.6 Å². The van der Waals surface area contributed by atoms with Crippen molar-refractivity contribution in [2.75, 3.05) is 18.5 Å². The average Bonchev–Trinajstić information content (AvgIpc) is 3.17. The first-order valence-electron chi connectivity index (χ1n) is 11.6. The zero-order valence-electron chi connectivity index (χ0n) is 20.3. The van der Waals surface area contributed by atoms with Crippen molar-refractivity contribution in [2.45, 2.75) is 41.0 Å². The lowest BCUT2D eigenvalue weighted by Gasteiger charge is -2.12. The predicted molar refractivity (Wildman–Crippen MR) is 134 cm³/mol. The molecule has 0 atom stereocenters. The third-order valence-corrected chi connectivity index (χ3v) is 5.73. The van der Waals surface area contributed by atoms with E-state index in [1.54, 1.807) is 10.7 Å². The third-order valence-electron chi connectivity index (χ3n) is 5.73. The van der Waals surface area contributed by atoms with Crippen LogP contribution < -0.4 is 14.8 Å². The topological polar surface area (TPSA) is 77.8 Å². The summed E-state index contributed by atoms with van der Waals surface area (Å²) in [6.45, 7) is 10.9. The number of carbonyl (C=O) groups is 1. The minimum atomic E-state index is -0.213. The van der Waals surface area contributed by atoms with Gasteiger partial charge in [-0.3, -0.25) is 4.79 Å². The number of hydrogen-bond donors (Lipinski definition) is 1. The molecule has 7 nitrogen and oxygen atoms in total. The van der Waals surface area contributed by atoms with Crippen LogP contribution in [-0.2, 0) is 6.42 Å². The Labute approximate surface area is 199 Å². The molecule has 0 radical (unpaired) electrons. The van der Waals surface area contributed by atoms with E-state index in [0.717, 1.165) is 40.2 Å². The lowest BCUT2D eigenvalue weighted by Crippen LogP contribution is -2.16. The number of carbonyl (C=O) groups excluding carboxylic acids is 1. The molecule has 176 valence electrons. The van der Waals surface area contributed by atoms with Gasteiger partial charge in [-0.15, -0.1) is 0 Å². The summed E-state index contributed by atoms with van der Waals surface area (Å²) in [6.07, 6.45) is 2.52. The Hall–Kier alpha value is -3.87. The molecule has 4 aromatic rings. The molecule has 0 bridgehead atoms. The molecule has 2 aromatic carbocycles. The van der Waals surface area contributed by atoms with Crippen LogP contribution in [0.4, 0.5) is 5.69 Å². The molecular formula is C27H30N4O3. The van der Waals surface area contributed by atoms with E-state index >= 15 is 0 Å². The zero-order chi connectivity index (χ0) is 24.2. The van der Waals surface area contributed by atoms with Gasteiger partial charge in [0, 0.05) is 17.4 Å². The summed E-state index contributed by atoms with van der Waals surface area (Å²) in [7, 11) is 0. The second-order valence-electron chi connectivity index (χ2n) is 7.99. The molecule has 34 heavy (non-hydrogen) atoms. The van der Waals surface area contributed by atoms with Gasteiger partial charge < -0.3 is 14.8 Å². The Morgan fingerprint density at radius 1 is 1.00 bits per heavy atom. The molecule has 0 spiro atoms. The molecule has 0 aliphatic rings. The number of rotatable bonds is 8. The molecule has 4 rings (SSSR count). The first-order valence-corrected chi connectivity index (χ1v) is 11.6. The van der Waals surface area contributed by atoms with E-state index in [1.165, 1.54) is 0 Å². The number of amides is 1. The summed E-state index contributed by atoms with van der Waals surface area (Å²) in [4.78, 5) is 17.7. The highest BCUT2D eigenvalue weighted by atomic mass is 16.5. The highest BCUT2D eigenvalue weighted by Crippen LogP contribution is 2.36. The van der Waals surface area contributed by atoms with E-state index in [4.69, 9.17) is 14.6 Å². The SMILES string of the molecule is CCOc1ccc(-c2c(C)nn3c(C)c(C(=O)Nc4cccc(CC)c4)cnc23)cc1OCC. The van der Waals surface area contributed by atoms with Crippen LogP contribution in [0.2, 0.25) is 0 Å². The van der Waals surface area contributed by atoms with Crippen LogP contribution in [0.3, 0.4) is 0 Å². The van der Waals surface area contributed by atoms with Crippen LogP contribution in [0.5, 0.6) is 11.5 Å². The van der Waals surface area contributed by atoms with Crippen LogP contribution in [0.15, 0.2) is 48.7 Å². The van der Waals surface area contributed by atoms with Crippen molar-refractivity contribution >= 4 is 17.2 Å². The van der Waals surface area contributed by atoms with Crippen molar-refractivity contribution in [2.24, 2.45) is 0 Å². The summed E-state index contributed by atoms with van der Waals surface area (Å²) in [5.74, 6) is 1.18. The maximum Gasteiger partial charge on any atom is 0.259 e. The monoisotopic (exact) mass is 458 g/mol. The van der Waals surface area contributed by atoms with E-state index in [-0.39, 0.29) is 5.91 Å². The number of anilines is 1. The van der Waals surface area contributed by atoms with Crippen molar-refractivity contribution in [1.82, 2.24) is 14.6 Å². The summed E-state index contributed by atoms with van der Waals surface area (Å²) in [6, 6.07) is 13.7. The van der Waals surface area contributed by atoms with Crippen LogP contribution in [0.25, 0.3) is 16.8 Å². The lowest BCUT2D eigenvalue weighted by molar-refractivity contribution is 0.102. The fourth-order valence-electron chi connectivity index (χ4n) is 4.04. The van der Waals surface area contributed by atoms with Gasteiger partial charge in [0.2, 0.25) is 0 Å². The minimum Gasteiger partial charge on any atom is -0.490 e. The van der Waals surface area contributed by atoms with Crippen LogP contribution in [0, 0.1) is 13.8 Å². The number of hydrogen-bond acceptors (Lipinski definition) is 5. The molecule has 0 aliphatic heterocycles. The van der Waals surface area contributed by atoms with Gasteiger partial charge in [-0.05, 0) is 69.5 Å². The summed E-state index contributed by atoms with van der Waals surface area (Å²) < 4.78 is 13.2. The fraction of sp³-hybridized carbons (Fsp3) is 0.296. The predicted octanol–water partition coefficient (Wildman–Crippen LogP) is 5.63. The van der Waals surface area contributed by atoms with Crippen molar-refractivity contribution in [1.29, 1.82) is 0 Å². The van der Waals surface area contributed by atoms with Crippen LogP contribution in [-0.4, -0.2) is 33.7 Å². The molecule has 0 aliphatic carbocycles. The Morgan fingerprint density at radius 3 is 2.50 bits per heavy atom. The molecule has 2 aromatic heterocycles. The molecule has 0 unspecified atom stereocenters. The smallest absolute Gasteiger partial charge is 0.259 e. The van der Waals surface area contributed by atoms with Gasteiger partial charge in [0.1, 0.15) is 0 Å². The van der Waals surface area contributed by atoms with Crippen molar-refractivity contribution in [3.63, 3.8) is 0 Å². The zero-order valence-corrected chi connectivity index (χ0v) is 20.3. The summed E-state index contributed by atoms with van der Waals surface area (Å²) in [5, 5.41) is 7.68. The van der Waals surface area contributed by atoms with Gasteiger partial charge >= 0.3 is 0 Å². The molecule has 0 fully saturated rings. The highest BCUT2D eigenvalue weighted by Gasteiger charge is 2.20. The number of benzene rings is 2. The molecule has 0 saturated heterocycles. The first-order chi connectivity index (χ1) is 16.5. The minimum absolute atomic E-state index is 0.213. The van der Waals surface area contributed by atoms with E-state index in [1.807, 2.05) is 70.2 Å². The average molecular weight is 459 g/mol. The number of fused-ring (bicyclic) bond motifs is 1. The largest absolute Gasteiger partial charge is 0.490 e. The van der Waals surface area contributed by atoms with E-state index in [9.17, 15) is 4.79 Å². The molecule has 1 amide bonds. The number of aryl methyl sites for hydroxylation is 3. The Kier molecular flexibility index (Phi) is 6.82. The van der Waals surface area contributed by atoms with E-state index < -0.39 is 0 Å². The van der Waals surface area contributed by atoms with Crippen molar-refractivity contribution in [3.05, 3.63) is 71.2 Å². The van der Waals surface area contributed by atoms with Gasteiger partial charge in [-0.2, -0.15) is 5.10 Å². The molecular weight excluding hydrogens is 428 g/mol. The first kappa shape index (κ1) is 23.3. The summed E-state index contributed by atoms with van der Waals surface area (Å²) >= 11 is 0. The number of nitrogens with zero attached hydrogens (tertiary/aromatic N) is 3. The molecule has 0 saturated carbocycles. The van der Waals surface area contributed by atoms with Gasteiger partial charge in [0.15, 0.2) is 17.1 Å². The summed E-state index contributed by atoms with van der Waals surface area (Å²) in [5.41, 5.74) is 6.46. The lowest BCUT2D eigenvalue weighted by atomic mass is 10.1. The van der Waals surface area contributed by atoms with Crippen LogP contribution in [0.1, 0.15) is 48.1 Å². The second-order valence-corrected chi connectivity index (χ2v) is 7.99. The van der Waals surface area contributed by atoms with Crippen LogP contribution >= 0.6 is 0 Å². The number of nitrogens with one attached hydrogen (secondary N) is 1. The van der Waals surface area contributed by atoms with Gasteiger partial charge in [0.25, 0.3) is 5.91 Å². The maximum absolute atomic E-state index is 13.0. The maximum atomic E-state index is 13.0. The van der Waals surface area contributed by atoms with Gasteiger partial charge in [-0.25, -0.2) is 9.50 Å². The molecule has 1 N–H and O–H groups in total. The quantitative estimate of drug-likeness (QED) is 0.370.